The summed E-state index contributed by atoms with van der Waals surface area (Å²) >= 11 is 6.00. The van der Waals surface area contributed by atoms with Crippen LogP contribution in [0.1, 0.15) is 5.82 Å². The van der Waals surface area contributed by atoms with Crippen molar-refractivity contribution in [3.63, 3.8) is 0 Å². The Hall–Kier alpha value is -2.69. The molecule has 3 aromatic rings. The molecule has 0 aliphatic carbocycles. The number of hydrogen-bond donors (Lipinski definition) is 2. The number of methoxy groups -OCH3 is 1. The lowest BCUT2D eigenvalue weighted by Gasteiger charge is -2.11. The first-order chi connectivity index (χ1) is 13.4. The van der Waals surface area contributed by atoms with Gasteiger partial charge in [-0.1, -0.05) is 11.6 Å². The van der Waals surface area contributed by atoms with Crippen LogP contribution in [0.25, 0.3) is 5.82 Å². The Morgan fingerprint density at radius 1 is 1.21 bits per heavy atom. The quantitative estimate of drug-likeness (QED) is 0.534. The number of aromatic nitrogens is 4. The van der Waals surface area contributed by atoms with E-state index >= 15 is 0 Å². The number of halogens is 1. The molecule has 0 amide bonds. The summed E-state index contributed by atoms with van der Waals surface area (Å²) < 4.78 is 33.9. The summed E-state index contributed by atoms with van der Waals surface area (Å²) in [6.45, 7) is 2.26. The molecule has 0 atom stereocenters. The van der Waals surface area contributed by atoms with E-state index in [2.05, 4.69) is 25.1 Å². The average Bonchev–Trinajstić information content (AvgIpc) is 3.19. The van der Waals surface area contributed by atoms with Crippen LogP contribution in [0.5, 0.6) is 5.75 Å². The predicted octanol–water partition coefficient (Wildman–Crippen LogP) is 2.02. The largest absolute Gasteiger partial charge is 0.495 e. The summed E-state index contributed by atoms with van der Waals surface area (Å²) in [5, 5.41) is 7.44. The molecule has 2 aromatic heterocycles. The Morgan fingerprint density at radius 2 is 2.04 bits per heavy atom. The van der Waals surface area contributed by atoms with Gasteiger partial charge in [0, 0.05) is 31.5 Å². The lowest BCUT2D eigenvalue weighted by Crippen LogP contribution is -2.29. The van der Waals surface area contributed by atoms with Crippen LogP contribution in [0.4, 0.5) is 5.82 Å². The van der Waals surface area contributed by atoms with Crippen LogP contribution in [0.15, 0.2) is 47.6 Å². The Labute approximate surface area is 167 Å². The zero-order chi connectivity index (χ0) is 20.1. The molecule has 0 saturated heterocycles. The maximum absolute atomic E-state index is 12.4. The van der Waals surface area contributed by atoms with Crippen molar-refractivity contribution in [2.45, 2.75) is 11.8 Å². The second-order valence-corrected chi connectivity index (χ2v) is 7.90. The molecule has 9 nitrogen and oxygen atoms in total. The topological polar surface area (TPSA) is 111 Å². The van der Waals surface area contributed by atoms with E-state index in [0.29, 0.717) is 29.8 Å². The van der Waals surface area contributed by atoms with E-state index in [1.807, 2.05) is 0 Å². The van der Waals surface area contributed by atoms with Gasteiger partial charge in [0.2, 0.25) is 10.0 Å². The molecular weight excluding hydrogens is 404 g/mol. The van der Waals surface area contributed by atoms with Crippen LogP contribution in [0, 0.1) is 6.92 Å². The Bertz CT molecular complexity index is 1060. The van der Waals surface area contributed by atoms with Gasteiger partial charge in [-0.2, -0.15) is 5.10 Å². The average molecular weight is 423 g/mol. The van der Waals surface area contributed by atoms with E-state index in [9.17, 15) is 8.42 Å². The van der Waals surface area contributed by atoms with Gasteiger partial charge in [0.15, 0.2) is 5.82 Å². The van der Waals surface area contributed by atoms with Crippen molar-refractivity contribution in [3.05, 3.63) is 53.6 Å². The number of rotatable bonds is 8. The van der Waals surface area contributed by atoms with Gasteiger partial charge in [0.05, 0.1) is 17.0 Å². The minimum Gasteiger partial charge on any atom is -0.495 e. The summed E-state index contributed by atoms with van der Waals surface area (Å²) in [5.74, 6) is 2.18. The van der Waals surface area contributed by atoms with E-state index in [1.165, 1.54) is 25.3 Å². The Balaban J connectivity index is 1.60. The van der Waals surface area contributed by atoms with Crippen molar-refractivity contribution in [2.75, 3.05) is 25.5 Å². The molecular formula is C17H19ClN6O3S. The van der Waals surface area contributed by atoms with Gasteiger partial charge in [0.1, 0.15) is 17.4 Å². The molecule has 0 aliphatic heterocycles. The van der Waals surface area contributed by atoms with Crippen molar-refractivity contribution in [1.29, 1.82) is 0 Å². The van der Waals surface area contributed by atoms with Crippen LogP contribution >= 0.6 is 11.6 Å². The van der Waals surface area contributed by atoms with Crippen LogP contribution in [-0.4, -0.2) is 48.4 Å². The van der Waals surface area contributed by atoms with Gasteiger partial charge in [-0.05, 0) is 31.2 Å². The number of ether oxygens (including phenoxy) is 1. The van der Waals surface area contributed by atoms with Gasteiger partial charge in [-0.15, -0.1) is 0 Å². The van der Waals surface area contributed by atoms with E-state index in [-0.39, 0.29) is 16.5 Å². The molecule has 148 valence electrons. The number of aryl methyl sites for hydroxylation is 1. The van der Waals surface area contributed by atoms with Gasteiger partial charge in [0.25, 0.3) is 0 Å². The Morgan fingerprint density at radius 3 is 2.71 bits per heavy atom. The molecule has 0 fully saturated rings. The third kappa shape index (κ3) is 4.77. The molecule has 28 heavy (non-hydrogen) atoms. The number of nitrogens with one attached hydrogen (secondary N) is 2. The molecule has 0 bridgehead atoms. The molecule has 0 unspecified atom stereocenters. The fourth-order valence-electron chi connectivity index (χ4n) is 2.44. The molecule has 0 aliphatic rings. The first-order valence-electron chi connectivity index (χ1n) is 8.32. The van der Waals surface area contributed by atoms with Crippen molar-refractivity contribution >= 4 is 27.4 Å². The lowest BCUT2D eigenvalue weighted by molar-refractivity contribution is 0.414. The molecule has 0 saturated carbocycles. The Kier molecular flexibility index (Phi) is 6.12. The smallest absolute Gasteiger partial charge is 0.240 e. The fourth-order valence-corrected chi connectivity index (χ4v) is 3.82. The molecule has 2 N–H and O–H groups in total. The van der Waals surface area contributed by atoms with Crippen LogP contribution in [-0.2, 0) is 10.0 Å². The lowest BCUT2D eigenvalue weighted by atomic mass is 10.3. The minimum atomic E-state index is -3.69. The SMILES string of the molecule is COc1ccc(S(=O)(=O)NCCNc2cc(-n3cccn3)nc(C)n2)cc1Cl. The van der Waals surface area contributed by atoms with Crippen LogP contribution in [0.2, 0.25) is 5.02 Å². The first-order valence-corrected chi connectivity index (χ1v) is 10.2. The highest BCUT2D eigenvalue weighted by molar-refractivity contribution is 7.89. The van der Waals surface area contributed by atoms with E-state index in [1.54, 1.807) is 36.1 Å². The predicted molar refractivity (Wildman–Crippen MR) is 106 cm³/mol. The molecule has 0 radical (unpaired) electrons. The first kappa shape index (κ1) is 20.1. The van der Waals surface area contributed by atoms with E-state index in [0.717, 1.165) is 0 Å². The highest BCUT2D eigenvalue weighted by Crippen LogP contribution is 2.26. The van der Waals surface area contributed by atoms with Gasteiger partial charge in [-0.25, -0.2) is 27.8 Å². The minimum absolute atomic E-state index is 0.0668. The highest BCUT2D eigenvalue weighted by Gasteiger charge is 2.15. The maximum Gasteiger partial charge on any atom is 0.240 e. The van der Waals surface area contributed by atoms with Crippen LogP contribution in [0.3, 0.4) is 0 Å². The van der Waals surface area contributed by atoms with Gasteiger partial charge >= 0.3 is 0 Å². The van der Waals surface area contributed by atoms with Crippen molar-refractivity contribution in [3.8, 4) is 11.6 Å². The normalized spacial score (nSPS) is 11.4. The number of benzene rings is 1. The van der Waals surface area contributed by atoms with E-state index < -0.39 is 10.0 Å². The highest BCUT2D eigenvalue weighted by atomic mass is 35.5. The third-order valence-electron chi connectivity index (χ3n) is 3.72. The molecule has 11 heteroatoms. The summed E-state index contributed by atoms with van der Waals surface area (Å²) in [7, 11) is -2.23. The molecule has 2 heterocycles. The zero-order valence-corrected chi connectivity index (χ0v) is 16.8. The van der Waals surface area contributed by atoms with Crippen molar-refractivity contribution < 1.29 is 13.2 Å². The van der Waals surface area contributed by atoms with Gasteiger partial charge in [-0.3, -0.25) is 0 Å². The number of anilines is 1. The van der Waals surface area contributed by atoms with Crippen molar-refractivity contribution in [2.24, 2.45) is 0 Å². The third-order valence-corrected chi connectivity index (χ3v) is 5.47. The summed E-state index contributed by atoms with van der Waals surface area (Å²) in [5.41, 5.74) is 0. The molecule has 1 aromatic carbocycles. The molecule has 3 rings (SSSR count). The fraction of sp³-hybridized carbons (Fsp3) is 0.235. The number of hydrogen-bond acceptors (Lipinski definition) is 7. The maximum atomic E-state index is 12.4. The number of nitrogens with zero attached hydrogens (tertiary/aromatic N) is 4. The second-order valence-electron chi connectivity index (χ2n) is 5.73. The van der Waals surface area contributed by atoms with Crippen molar-refractivity contribution in [1.82, 2.24) is 24.5 Å². The number of sulfonamides is 1. The standard InChI is InChI=1S/C17H19ClN6O3S/c1-12-22-16(11-17(23-12)24-9-3-6-20-24)19-7-8-21-28(25,26)13-4-5-15(27-2)14(18)10-13/h3-6,9-11,21H,7-8H2,1-2H3,(H,19,22,23). The van der Waals surface area contributed by atoms with E-state index in [4.69, 9.17) is 16.3 Å². The van der Waals surface area contributed by atoms with Crippen LogP contribution < -0.4 is 14.8 Å². The zero-order valence-electron chi connectivity index (χ0n) is 15.3. The monoisotopic (exact) mass is 422 g/mol. The summed E-state index contributed by atoms with van der Waals surface area (Å²) in [6.07, 6.45) is 3.43. The summed E-state index contributed by atoms with van der Waals surface area (Å²) in [6, 6.07) is 7.82. The second kappa shape index (κ2) is 8.55. The summed E-state index contributed by atoms with van der Waals surface area (Å²) in [4.78, 5) is 8.68. The molecule has 0 spiro atoms. The van der Waals surface area contributed by atoms with Gasteiger partial charge < -0.3 is 10.1 Å².